The number of nitro benzene ring substituents is 1. The zero-order valence-electron chi connectivity index (χ0n) is 20.1. The minimum absolute atomic E-state index is 0.00388. The number of benzene rings is 2. The van der Waals surface area contributed by atoms with Crippen LogP contribution in [0.2, 0.25) is 0 Å². The molecule has 0 bridgehead atoms. The number of guanidine groups is 1. The normalized spacial score (nSPS) is 16.0. The maximum atomic E-state index is 13.4. The van der Waals surface area contributed by atoms with Gasteiger partial charge in [-0.2, -0.15) is 0 Å². The summed E-state index contributed by atoms with van der Waals surface area (Å²) in [7, 11) is -4.22. The highest BCUT2D eigenvalue weighted by Gasteiger charge is 2.27. The SMILES string of the molecule is N=C(N)N1CCC[C@@H](Cn2c(NS(=O)(=O)c3cccc([N+](=O)[O-])c3)c(CCC(N)=O)c3ccccc32)C1. The van der Waals surface area contributed by atoms with Crippen LogP contribution < -0.4 is 16.2 Å². The predicted octanol–water partition coefficient (Wildman–Crippen LogP) is 2.37. The second kappa shape index (κ2) is 10.5. The van der Waals surface area contributed by atoms with Crippen LogP contribution in [0.1, 0.15) is 24.8 Å². The van der Waals surface area contributed by atoms with E-state index in [1.165, 1.54) is 18.2 Å². The summed E-state index contributed by atoms with van der Waals surface area (Å²) in [5.74, 6) is -0.156. The van der Waals surface area contributed by atoms with E-state index in [2.05, 4.69) is 4.72 Å². The molecule has 2 heterocycles. The summed E-state index contributed by atoms with van der Waals surface area (Å²) >= 11 is 0. The van der Waals surface area contributed by atoms with Gasteiger partial charge in [-0.05, 0) is 37.3 Å². The van der Waals surface area contributed by atoms with E-state index in [0.29, 0.717) is 25.2 Å². The van der Waals surface area contributed by atoms with Crippen molar-refractivity contribution in [2.24, 2.45) is 17.4 Å². The monoisotopic (exact) mass is 527 g/mol. The number of primary amides is 1. The molecule has 1 aromatic heterocycles. The number of hydrogen-bond donors (Lipinski definition) is 4. The Morgan fingerprint density at radius 3 is 2.65 bits per heavy atom. The van der Waals surface area contributed by atoms with Crippen molar-refractivity contribution in [2.45, 2.75) is 37.1 Å². The van der Waals surface area contributed by atoms with Crippen LogP contribution in [0.5, 0.6) is 0 Å². The number of non-ortho nitro benzene ring substituents is 1. The van der Waals surface area contributed by atoms with Gasteiger partial charge < -0.3 is 20.9 Å². The lowest BCUT2D eigenvalue weighted by atomic mass is 9.98. The molecule has 13 heteroatoms. The fourth-order valence-electron chi connectivity index (χ4n) is 4.82. The van der Waals surface area contributed by atoms with E-state index >= 15 is 0 Å². The molecule has 1 amide bonds. The molecule has 1 fully saturated rings. The number of rotatable bonds is 9. The first-order chi connectivity index (χ1) is 17.6. The lowest BCUT2D eigenvalue weighted by Crippen LogP contribution is -2.44. The minimum atomic E-state index is -4.22. The Bertz CT molecular complexity index is 1470. The third-order valence-electron chi connectivity index (χ3n) is 6.57. The van der Waals surface area contributed by atoms with Gasteiger partial charge in [-0.25, -0.2) is 8.42 Å². The van der Waals surface area contributed by atoms with Gasteiger partial charge >= 0.3 is 0 Å². The number of anilines is 1. The number of para-hydroxylation sites is 1. The molecule has 0 saturated carbocycles. The Balaban J connectivity index is 1.81. The number of likely N-dealkylation sites (tertiary alicyclic amines) is 1. The first kappa shape index (κ1) is 25.9. The maximum Gasteiger partial charge on any atom is 0.270 e. The molecule has 3 aromatic rings. The molecule has 1 saturated heterocycles. The number of carbonyl (C=O) groups is 1. The Morgan fingerprint density at radius 1 is 1.19 bits per heavy atom. The van der Waals surface area contributed by atoms with Crippen molar-refractivity contribution in [3.63, 3.8) is 0 Å². The van der Waals surface area contributed by atoms with Crippen LogP contribution in [0, 0.1) is 21.4 Å². The second-order valence-corrected chi connectivity index (χ2v) is 10.8. The molecular weight excluding hydrogens is 498 g/mol. The highest BCUT2D eigenvalue weighted by Crippen LogP contribution is 2.35. The van der Waals surface area contributed by atoms with E-state index < -0.39 is 20.9 Å². The molecule has 0 radical (unpaired) electrons. The molecule has 4 rings (SSSR count). The topological polar surface area (TPSA) is 190 Å². The number of aromatic nitrogens is 1. The van der Waals surface area contributed by atoms with Crippen LogP contribution in [0.25, 0.3) is 10.9 Å². The van der Waals surface area contributed by atoms with Crippen molar-refractivity contribution in [2.75, 3.05) is 17.8 Å². The van der Waals surface area contributed by atoms with Gasteiger partial charge in [-0.1, -0.05) is 24.3 Å². The van der Waals surface area contributed by atoms with Gasteiger partial charge in [0.2, 0.25) is 5.91 Å². The van der Waals surface area contributed by atoms with E-state index in [4.69, 9.17) is 16.9 Å². The second-order valence-electron chi connectivity index (χ2n) is 9.12. The number of nitrogens with zero attached hydrogens (tertiary/aromatic N) is 3. The van der Waals surface area contributed by atoms with Crippen molar-refractivity contribution in [3.8, 4) is 0 Å². The summed E-state index contributed by atoms with van der Waals surface area (Å²) in [6.07, 6.45) is 1.93. The largest absolute Gasteiger partial charge is 0.370 e. The molecule has 1 atom stereocenters. The van der Waals surface area contributed by atoms with Crippen molar-refractivity contribution in [3.05, 3.63) is 64.2 Å². The van der Waals surface area contributed by atoms with Crippen LogP contribution in [0.3, 0.4) is 0 Å². The van der Waals surface area contributed by atoms with Gasteiger partial charge in [0.15, 0.2) is 5.96 Å². The Morgan fingerprint density at radius 2 is 1.95 bits per heavy atom. The number of hydrogen-bond acceptors (Lipinski definition) is 6. The van der Waals surface area contributed by atoms with Crippen molar-refractivity contribution in [1.29, 1.82) is 5.41 Å². The quantitative estimate of drug-likeness (QED) is 0.142. The molecule has 1 aliphatic rings. The van der Waals surface area contributed by atoms with E-state index in [9.17, 15) is 23.3 Å². The van der Waals surface area contributed by atoms with Crippen LogP contribution in [-0.4, -0.2) is 47.8 Å². The Labute approximate surface area is 213 Å². The minimum Gasteiger partial charge on any atom is -0.370 e. The van der Waals surface area contributed by atoms with Crippen molar-refractivity contribution in [1.82, 2.24) is 9.47 Å². The van der Waals surface area contributed by atoms with E-state index in [-0.39, 0.29) is 41.1 Å². The molecule has 0 spiro atoms. The molecule has 1 aliphatic heterocycles. The number of aryl methyl sites for hydroxylation is 1. The zero-order valence-corrected chi connectivity index (χ0v) is 20.9. The number of nitrogens with one attached hydrogen (secondary N) is 2. The maximum absolute atomic E-state index is 13.4. The van der Waals surface area contributed by atoms with Crippen LogP contribution in [0.15, 0.2) is 53.4 Å². The van der Waals surface area contributed by atoms with Gasteiger partial charge in [0.25, 0.3) is 15.7 Å². The summed E-state index contributed by atoms with van der Waals surface area (Å²) in [5.41, 5.74) is 12.2. The summed E-state index contributed by atoms with van der Waals surface area (Å²) in [6.45, 7) is 1.68. The Hall–Kier alpha value is -4.13. The third-order valence-corrected chi connectivity index (χ3v) is 7.90. The molecule has 2 aromatic carbocycles. The molecule has 6 N–H and O–H groups in total. The summed E-state index contributed by atoms with van der Waals surface area (Å²) in [5, 5.41) is 19.8. The van der Waals surface area contributed by atoms with Crippen LogP contribution >= 0.6 is 0 Å². The summed E-state index contributed by atoms with van der Waals surface area (Å²) < 4.78 is 31.4. The van der Waals surface area contributed by atoms with Crippen LogP contribution in [-0.2, 0) is 27.8 Å². The lowest BCUT2D eigenvalue weighted by molar-refractivity contribution is -0.385. The fraction of sp³-hybridized carbons (Fsp3) is 0.333. The average Bonchev–Trinajstić information content (AvgIpc) is 3.14. The fourth-order valence-corrected chi connectivity index (χ4v) is 5.96. The predicted molar refractivity (Wildman–Crippen MR) is 140 cm³/mol. The standard InChI is InChI=1S/C24H29N7O5S/c25-22(32)11-10-20-19-8-1-2-9-21(19)30(15-16-5-4-12-29(14-16)24(26)27)23(20)28-37(35,36)18-7-3-6-17(13-18)31(33)34/h1-3,6-9,13,16,28H,4-5,10-12,14-15H2,(H2,25,32)(H3,26,27)/t16-/m1/s1. The molecule has 12 nitrogen and oxygen atoms in total. The first-order valence-electron chi connectivity index (χ1n) is 11.8. The van der Waals surface area contributed by atoms with Gasteiger partial charge in [-0.15, -0.1) is 0 Å². The number of nitro groups is 1. The Kier molecular flexibility index (Phi) is 7.34. The summed E-state index contributed by atoms with van der Waals surface area (Å²) in [4.78, 5) is 23.7. The van der Waals surface area contributed by atoms with Gasteiger partial charge in [-0.3, -0.25) is 25.0 Å². The van der Waals surface area contributed by atoms with Gasteiger partial charge in [0.1, 0.15) is 5.82 Å². The number of carbonyl (C=O) groups excluding carboxylic acids is 1. The lowest BCUT2D eigenvalue weighted by Gasteiger charge is -2.33. The number of fused-ring (bicyclic) bond motifs is 1. The molecular formula is C24H29N7O5S. The smallest absolute Gasteiger partial charge is 0.270 e. The highest BCUT2D eigenvalue weighted by atomic mass is 32.2. The number of sulfonamides is 1. The van der Waals surface area contributed by atoms with Crippen molar-refractivity contribution < 1.29 is 18.1 Å². The number of amides is 1. The molecule has 196 valence electrons. The van der Waals surface area contributed by atoms with Gasteiger partial charge in [0.05, 0.1) is 9.82 Å². The first-order valence-corrected chi connectivity index (χ1v) is 13.3. The average molecular weight is 528 g/mol. The van der Waals surface area contributed by atoms with E-state index in [1.54, 1.807) is 4.90 Å². The summed E-state index contributed by atoms with van der Waals surface area (Å²) in [6, 6.07) is 12.2. The van der Waals surface area contributed by atoms with Crippen molar-refractivity contribution >= 4 is 44.3 Å². The van der Waals surface area contributed by atoms with E-state index in [0.717, 1.165) is 29.8 Å². The zero-order chi connectivity index (χ0) is 26.7. The van der Waals surface area contributed by atoms with Crippen LogP contribution in [0.4, 0.5) is 11.5 Å². The number of nitrogens with two attached hydrogens (primary N) is 2. The van der Waals surface area contributed by atoms with Gasteiger partial charge in [0, 0.05) is 54.7 Å². The molecule has 0 aliphatic carbocycles. The van der Waals surface area contributed by atoms with E-state index in [1.807, 2.05) is 28.8 Å². The molecule has 0 unspecified atom stereocenters. The highest BCUT2D eigenvalue weighted by molar-refractivity contribution is 7.92. The molecule has 37 heavy (non-hydrogen) atoms. The third kappa shape index (κ3) is 5.66. The number of piperidine rings is 1.